The topological polar surface area (TPSA) is 168 Å². The van der Waals surface area contributed by atoms with E-state index in [2.05, 4.69) is 74.9 Å². The van der Waals surface area contributed by atoms with E-state index in [0.717, 1.165) is 68.6 Å². The van der Waals surface area contributed by atoms with Crippen LogP contribution in [0.25, 0.3) is 44.4 Å². The number of Topliss-reactive ketones (excluding diaryl/α,β-unsaturated/α-hetero) is 1. The Kier molecular flexibility index (Phi) is 10.9. The third kappa shape index (κ3) is 7.98. The Hall–Kier alpha value is -6.60. The Morgan fingerprint density at radius 3 is 2.00 bits per heavy atom. The van der Waals surface area contributed by atoms with Crippen molar-refractivity contribution in [2.45, 2.75) is 57.3 Å². The number of rotatable bonds is 11. The van der Waals surface area contributed by atoms with Gasteiger partial charge in [-0.1, -0.05) is 92.7 Å². The molecule has 0 bridgehead atoms. The number of aromatic nitrogens is 4. The maximum Gasteiger partial charge on any atom is 0.405 e. The highest BCUT2D eigenvalue weighted by molar-refractivity contribution is 5.94. The molecule has 4 aromatic carbocycles. The normalized spacial score (nSPS) is 17.9. The molecule has 2 aliphatic rings. The van der Waals surface area contributed by atoms with Crippen LogP contribution in [0, 0.1) is 5.92 Å². The summed E-state index contributed by atoms with van der Waals surface area (Å²) in [5.41, 5.74) is 6.69. The highest BCUT2D eigenvalue weighted by Crippen LogP contribution is 2.36. The summed E-state index contributed by atoms with van der Waals surface area (Å²) in [4.78, 5) is 72.8. The van der Waals surface area contributed by atoms with Gasteiger partial charge in [-0.15, -0.1) is 0 Å². The van der Waals surface area contributed by atoms with Gasteiger partial charge < -0.3 is 30.2 Å². The van der Waals surface area contributed by atoms with Gasteiger partial charge in [-0.25, -0.2) is 14.8 Å². The molecule has 6 aromatic rings. The molecule has 0 spiro atoms. The second-order valence-electron chi connectivity index (χ2n) is 16.1. The first-order valence-corrected chi connectivity index (χ1v) is 20.0. The summed E-state index contributed by atoms with van der Waals surface area (Å²) in [5.74, 6) is 0.519. The third-order valence-electron chi connectivity index (χ3n) is 11.5. The second-order valence-corrected chi connectivity index (χ2v) is 16.1. The molecular formula is C46H48N8O5. The lowest BCUT2D eigenvalue weighted by molar-refractivity contribution is -0.137. The second kappa shape index (κ2) is 16.3. The van der Waals surface area contributed by atoms with Crippen molar-refractivity contribution in [1.29, 1.82) is 0 Å². The maximum atomic E-state index is 13.9. The lowest BCUT2D eigenvalue weighted by Crippen LogP contribution is -2.51. The smallest absolute Gasteiger partial charge is 0.405 e. The number of ketones is 1. The number of nitrogens with one attached hydrogen (secondary N) is 3. The van der Waals surface area contributed by atoms with Gasteiger partial charge in [0.1, 0.15) is 23.7 Å². The number of likely N-dealkylation sites (N-methyl/N-ethyl adjacent to an activating group) is 1. The molecular weight excluding hydrogens is 745 g/mol. The van der Waals surface area contributed by atoms with Crippen LogP contribution in [0.5, 0.6) is 0 Å². The molecule has 2 aliphatic heterocycles. The summed E-state index contributed by atoms with van der Waals surface area (Å²) in [6, 6.07) is 28.7. The number of aromatic amines is 2. The fourth-order valence-electron chi connectivity index (χ4n) is 8.50. The van der Waals surface area contributed by atoms with E-state index in [0.29, 0.717) is 12.4 Å². The Morgan fingerprint density at radius 1 is 0.763 bits per heavy atom. The molecule has 4 unspecified atom stereocenters. The Bertz CT molecular complexity index is 2510. The Labute approximate surface area is 342 Å². The fraction of sp³-hybridized carbons (Fsp3) is 0.304. The third-order valence-corrected chi connectivity index (χ3v) is 11.5. The van der Waals surface area contributed by atoms with Crippen molar-refractivity contribution in [3.63, 3.8) is 0 Å². The zero-order valence-electron chi connectivity index (χ0n) is 33.6. The number of hydrogen-bond acceptors (Lipinski definition) is 7. The quantitative estimate of drug-likeness (QED) is 0.105. The number of imidazole rings is 2. The van der Waals surface area contributed by atoms with Crippen LogP contribution in [0.1, 0.15) is 68.4 Å². The van der Waals surface area contributed by atoms with Crippen LogP contribution in [0.3, 0.4) is 0 Å². The zero-order valence-corrected chi connectivity index (χ0v) is 33.6. The number of carbonyl (C=O) groups excluding carboxylic acids is 3. The number of carboxylic acid groups (broad SMARTS) is 1. The van der Waals surface area contributed by atoms with Gasteiger partial charge in [-0.2, -0.15) is 0 Å². The van der Waals surface area contributed by atoms with Crippen LogP contribution in [-0.2, 0) is 14.4 Å². The van der Waals surface area contributed by atoms with Crippen molar-refractivity contribution in [3.05, 3.63) is 121 Å². The van der Waals surface area contributed by atoms with Crippen LogP contribution in [-0.4, -0.2) is 96.7 Å². The number of carbonyl (C=O) groups is 4. The van der Waals surface area contributed by atoms with Crippen molar-refractivity contribution < 1.29 is 24.3 Å². The number of hydrogen-bond donors (Lipinski definition) is 4. The van der Waals surface area contributed by atoms with Crippen molar-refractivity contribution in [3.8, 4) is 33.6 Å². The van der Waals surface area contributed by atoms with Crippen molar-refractivity contribution in [2.75, 3.05) is 27.2 Å². The molecule has 0 saturated carbocycles. The molecule has 2 aromatic heterocycles. The van der Waals surface area contributed by atoms with E-state index < -0.39 is 24.1 Å². The number of amides is 3. The predicted octanol–water partition coefficient (Wildman–Crippen LogP) is 7.39. The molecule has 8 rings (SSSR count). The number of likely N-dealkylation sites (tertiary alicyclic amines) is 2. The van der Waals surface area contributed by atoms with Crippen molar-refractivity contribution >= 4 is 34.5 Å². The largest absolute Gasteiger partial charge is 0.465 e. The molecule has 0 aliphatic carbocycles. The monoisotopic (exact) mass is 792 g/mol. The van der Waals surface area contributed by atoms with E-state index in [9.17, 15) is 24.3 Å². The Balaban J connectivity index is 0.955. The van der Waals surface area contributed by atoms with E-state index >= 15 is 0 Å². The Morgan fingerprint density at radius 2 is 1.36 bits per heavy atom. The fourth-order valence-corrected chi connectivity index (χ4v) is 8.50. The lowest BCUT2D eigenvalue weighted by Gasteiger charge is -2.31. The van der Waals surface area contributed by atoms with Crippen LogP contribution in [0.4, 0.5) is 4.79 Å². The van der Waals surface area contributed by atoms with Gasteiger partial charge in [-0.3, -0.25) is 19.3 Å². The summed E-state index contributed by atoms with van der Waals surface area (Å²) < 4.78 is 0. The number of H-pyrrole nitrogens is 2. The van der Waals surface area contributed by atoms with Crippen LogP contribution in [0.2, 0.25) is 0 Å². The van der Waals surface area contributed by atoms with E-state index in [1.807, 2.05) is 66.5 Å². The van der Waals surface area contributed by atoms with Crippen molar-refractivity contribution in [1.82, 2.24) is 40.0 Å². The first-order chi connectivity index (χ1) is 28.4. The molecule has 4 atom stereocenters. The first kappa shape index (κ1) is 39.2. The maximum absolute atomic E-state index is 13.9. The minimum Gasteiger partial charge on any atom is -0.465 e. The van der Waals surface area contributed by atoms with Crippen LogP contribution < -0.4 is 5.32 Å². The average molecular weight is 793 g/mol. The molecule has 4 N–H and O–H groups in total. The first-order valence-electron chi connectivity index (χ1n) is 20.0. The number of fused-ring (bicyclic) bond motifs is 1. The lowest BCUT2D eigenvalue weighted by atomic mass is 9.98. The van der Waals surface area contributed by atoms with Crippen molar-refractivity contribution in [2.24, 2.45) is 5.92 Å². The van der Waals surface area contributed by atoms with E-state index in [-0.39, 0.29) is 42.7 Å². The minimum absolute atomic E-state index is 0.0853. The molecule has 3 amide bonds. The van der Waals surface area contributed by atoms with E-state index in [4.69, 9.17) is 4.98 Å². The van der Waals surface area contributed by atoms with Gasteiger partial charge >= 0.3 is 6.09 Å². The van der Waals surface area contributed by atoms with E-state index in [1.165, 1.54) is 4.90 Å². The number of benzene rings is 4. The van der Waals surface area contributed by atoms with Gasteiger partial charge in [-0.05, 0) is 78.0 Å². The molecule has 59 heavy (non-hydrogen) atoms. The van der Waals surface area contributed by atoms with Gasteiger partial charge in [0.25, 0.3) is 0 Å². The summed E-state index contributed by atoms with van der Waals surface area (Å²) in [6.45, 7) is 4.13. The zero-order chi connectivity index (χ0) is 41.4. The van der Waals surface area contributed by atoms with Crippen LogP contribution in [0.15, 0.2) is 103 Å². The number of nitrogens with zero attached hydrogens (tertiary/aromatic N) is 5. The highest BCUT2D eigenvalue weighted by Gasteiger charge is 2.41. The molecule has 302 valence electrons. The average Bonchev–Trinajstić information content (AvgIpc) is 4.07. The standard InChI is InChI=1S/C46H48N8O5/c1-27(2)40(51-46(58)59)44(56)54-26-35(55)23-39(54)43-48-25-37(50-43)34-19-18-32-21-31(16-17-33(32)22-34)28-12-14-29(15-13-28)36-24-47-42(49-36)38-11-8-20-53(38)45(57)41(52(3)4)30-9-6-5-7-10-30/h5-7,9-10,12-19,21-22,24-25,27,38-41,51H,8,11,20,23,26H2,1-4H3,(H,47,49)(H,48,50)(H,58,59). The van der Waals surface area contributed by atoms with Gasteiger partial charge in [0.15, 0.2) is 5.78 Å². The van der Waals surface area contributed by atoms with E-state index in [1.54, 1.807) is 20.0 Å². The molecule has 13 heteroatoms. The SMILES string of the molecule is CC(C)C(NC(=O)O)C(=O)N1CC(=O)CC1c1ncc(-c2ccc3cc(-c4ccc(-c5cnc(C6CCCN6C(=O)C(c6ccccc6)N(C)C)[nH]5)cc4)ccc3c2)[nH]1. The van der Waals surface area contributed by atoms with Crippen LogP contribution >= 0.6 is 0 Å². The van der Waals surface area contributed by atoms with Gasteiger partial charge in [0, 0.05) is 18.5 Å². The molecule has 0 radical (unpaired) electrons. The molecule has 13 nitrogen and oxygen atoms in total. The minimum atomic E-state index is -1.29. The molecule has 2 fully saturated rings. The summed E-state index contributed by atoms with van der Waals surface area (Å²) in [5, 5.41) is 13.7. The molecule has 2 saturated heterocycles. The molecule has 4 heterocycles. The van der Waals surface area contributed by atoms with Gasteiger partial charge in [0.2, 0.25) is 11.8 Å². The van der Waals surface area contributed by atoms with Gasteiger partial charge in [0.05, 0.1) is 42.4 Å². The summed E-state index contributed by atoms with van der Waals surface area (Å²) >= 11 is 0. The predicted molar refractivity (Wildman–Crippen MR) is 225 cm³/mol. The summed E-state index contributed by atoms with van der Waals surface area (Å²) in [7, 11) is 3.89. The highest BCUT2D eigenvalue weighted by atomic mass is 16.4. The summed E-state index contributed by atoms with van der Waals surface area (Å²) in [6.07, 6.45) is 4.15.